The molecule has 24 heavy (non-hydrogen) atoms. The van der Waals surface area contributed by atoms with Gasteiger partial charge in [-0.15, -0.1) is 0 Å². The van der Waals surface area contributed by atoms with Crippen molar-refractivity contribution < 1.29 is 4.79 Å². The first-order valence-corrected chi connectivity index (χ1v) is 7.82. The topological polar surface area (TPSA) is 87.9 Å². The number of nitrogens with two attached hydrogens (primary N) is 1. The molecule has 3 rings (SSSR count). The fourth-order valence-electron chi connectivity index (χ4n) is 3.04. The van der Waals surface area contributed by atoms with Crippen molar-refractivity contribution in [3.05, 3.63) is 59.2 Å². The van der Waals surface area contributed by atoms with Crippen LogP contribution < -0.4 is 5.73 Å². The second kappa shape index (κ2) is 6.41. The minimum atomic E-state index is -0.717. The fourth-order valence-corrected chi connectivity index (χ4v) is 3.04. The number of rotatable bonds is 4. The van der Waals surface area contributed by atoms with Gasteiger partial charge in [0.05, 0.1) is 5.69 Å². The van der Waals surface area contributed by atoms with E-state index in [1.54, 1.807) is 18.1 Å². The van der Waals surface area contributed by atoms with Gasteiger partial charge in [0.15, 0.2) is 0 Å². The number of carbonyl (C=O) groups excluding carboxylic acids is 1. The van der Waals surface area contributed by atoms with Gasteiger partial charge in [0.25, 0.3) is 0 Å². The van der Waals surface area contributed by atoms with Crippen molar-refractivity contribution in [2.45, 2.75) is 26.4 Å². The molecule has 0 aliphatic rings. The van der Waals surface area contributed by atoms with Gasteiger partial charge in [-0.05, 0) is 30.9 Å². The molecule has 124 valence electrons. The zero-order chi connectivity index (χ0) is 17.3. The maximum atomic E-state index is 12.7. The summed E-state index contributed by atoms with van der Waals surface area (Å²) in [5.74, 6) is -0.131. The number of fused-ring (bicyclic) bond motifs is 1. The molecule has 2 aromatic heterocycles. The molecule has 0 fully saturated rings. The largest absolute Gasteiger partial charge is 0.340 e. The van der Waals surface area contributed by atoms with E-state index in [-0.39, 0.29) is 5.91 Å². The summed E-state index contributed by atoms with van der Waals surface area (Å²) in [6.45, 7) is 4.22. The average Bonchev–Trinajstić information content (AvgIpc) is 2.92. The van der Waals surface area contributed by atoms with Crippen molar-refractivity contribution in [2.24, 2.45) is 5.73 Å². The highest BCUT2D eigenvalue weighted by molar-refractivity contribution is 5.86. The zero-order valence-corrected chi connectivity index (χ0v) is 14.1. The van der Waals surface area contributed by atoms with E-state index in [0.29, 0.717) is 6.54 Å². The molecule has 0 saturated carbocycles. The molecule has 3 aromatic rings. The molecule has 0 bridgehead atoms. The third-order valence-electron chi connectivity index (χ3n) is 4.32. The molecule has 1 atom stereocenters. The molecule has 1 amide bonds. The SMILES string of the molecule is Cc1n[nH]c(C)c1C(N)C(=O)N(C)Cc1cccc2cnccc12. The maximum absolute atomic E-state index is 12.7. The van der Waals surface area contributed by atoms with Gasteiger partial charge in [-0.1, -0.05) is 18.2 Å². The summed E-state index contributed by atoms with van der Waals surface area (Å²) in [6.07, 6.45) is 3.59. The molecule has 0 saturated heterocycles. The average molecular weight is 323 g/mol. The van der Waals surface area contributed by atoms with Crippen LogP contribution in [0, 0.1) is 13.8 Å². The van der Waals surface area contributed by atoms with Crippen LogP contribution in [0.2, 0.25) is 0 Å². The van der Waals surface area contributed by atoms with Crippen LogP contribution in [0.4, 0.5) is 0 Å². The number of H-pyrrole nitrogens is 1. The third-order valence-corrected chi connectivity index (χ3v) is 4.32. The van der Waals surface area contributed by atoms with Crippen LogP contribution in [-0.4, -0.2) is 33.0 Å². The summed E-state index contributed by atoms with van der Waals surface area (Å²) < 4.78 is 0. The van der Waals surface area contributed by atoms with E-state index >= 15 is 0 Å². The Bertz CT molecular complexity index is 861. The van der Waals surface area contributed by atoms with Gasteiger partial charge in [-0.3, -0.25) is 14.9 Å². The van der Waals surface area contributed by atoms with E-state index in [1.807, 2.05) is 44.3 Å². The molecule has 0 spiro atoms. The Morgan fingerprint density at radius 1 is 1.33 bits per heavy atom. The molecule has 0 radical (unpaired) electrons. The zero-order valence-electron chi connectivity index (χ0n) is 14.1. The predicted octanol–water partition coefficient (Wildman–Crippen LogP) is 2.23. The number of aryl methyl sites for hydroxylation is 2. The van der Waals surface area contributed by atoms with Gasteiger partial charge in [0.2, 0.25) is 5.91 Å². The molecule has 6 heteroatoms. The van der Waals surface area contributed by atoms with Crippen molar-refractivity contribution in [1.29, 1.82) is 0 Å². The predicted molar refractivity (Wildman–Crippen MR) is 93.2 cm³/mol. The Morgan fingerprint density at radius 3 is 2.83 bits per heavy atom. The first-order valence-electron chi connectivity index (χ1n) is 7.82. The summed E-state index contributed by atoms with van der Waals surface area (Å²) in [5, 5.41) is 9.15. The Kier molecular flexibility index (Phi) is 4.31. The van der Waals surface area contributed by atoms with Crippen LogP contribution in [0.25, 0.3) is 10.8 Å². The minimum absolute atomic E-state index is 0.131. The van der Waals surface area contributed by atoms with Gasteiger partial charge < -0.3 is 10.6 Å². The van der Waals surface area contributed by atoms with E-state index in [9.17, 15) is 4.79 Å². The summed E-state index contributed by atoms with van der Waals surface area (Å²) in [6, 6.07) is 7.25. The Balaban J connectivity index is 1.84. The first kappa shape index (κ1) is 16.1. The van der Waals surface area contributed by atoms with Crippen molar-refractivity contribution in [1.82, 2.24) is 20.1 Å². The van der Waals surface area contributed by atoms with Gasteiger partial charge in [0.1, 0.15) is 6.04 Å². The highest BCUT2D eigenvalue weighted by Crippen LogP contribution is 2.22. The monoisotopic (exact) mass is 323 g/mol. The van der Waals surface area contributed by atoms with Crippen LogP contribution in [0.15, 0.2) is 36.7 Å². The Hall–Kier alpha value is -2.73. The third kappa shape index (κ3) is 2.88. The minimum Gasteiger partial charge on any atom is -0.340 e. The lowest BCUT2D eigenvalue weighted by Crippen LogP contribution is -2.36. The number of nitrogens with one attached hydrogen (secondary N) is 1. The smallest absolute Gasteiger partial charge is 0.244 e. The van der Waals surface area contributed by atoms with E-state index in [1.165, 1.54) is 0 Å². The van der Waals surface area contributed by atoms with Gasteiger partial charge in [0, 0.05) is 42.6 Å². The second-order valence-electron chi connectivity index (χ2n) is 6.03. The van der Waals surface area contributed by atoms with E-state index < -0.39 is 6.04 Å². The van der Waals surface area contributed by atoms with Crippen molar-refractivity contribution >= 4 is 16.7 Å². The highest BCUT2D eigenvalue weighted by Gasteiger charge is 2.25. The van der Waals surface area contributed by atoms with Gasteiger partial charge in [-0.25, -0.2) is 0 Å². The molecule has 6 nitrogen and oxygen atoms in total. The molecule has 2 heterocycles. The van der Waals surface area contributed by atoms with E-state index in [0.717, 1.165) is 33.3 Å². The number of aromatic nitrogens is 3. The lowest BCUT2D eigenvalue weighted by molar-refractivity contribution is -0.132. The van der Waals surface area contributed by atoms with E-state index in [2.05, 4.69) is 15.2 Å². The molecule has 3 N–H and O–H groups in total. The lowest BCUT2D eigenvalue weighted by Gasteiger charge is -2.22. The number of aromatic amines is 1. The van der Waals surface area contributed by atoms with Crippen LogP contribution >= 0.6 is 0 Å². The number of hydrogen-bond donors (Lipinski definition) is 2. The number of amides is 1. The highest BCUT2D eigenvalue weighted by atomic mass is 16.2. The van der Waals surface area contributed by atoms with Crippen molar-refractivity contribution in [3.63, 3.8) is 0 Å². The Labute approximate surface area is 140 Å². The van der Waals surface area contributed by atoms with Crippen molar-refractivity contribution in [2.75, 3.05) is 7.05 Å². The number of benzene rings is 1. The number of pyridine rings is 1. The second-order valence-corrected chi connectivity index (χ2v) is 6.03. The first-order chi connectivity index (χ1) is 11.5. The number of likely N-dealkylation sites (N-methyl/N-ethyl adjacent to an activating group) is 1. The lowest BCUT2D eigenvalue weighted by atomic mass is 10.0. The molecular formula is C18H21N5O. The van der Waals surface area contributed by atoms with Crippen molar-refractivity contribution in [3.8, 4) is 0 Å². The normalized spacial score (nSPS) is 12.3. The molecule has 1 unspecified atom stereocenters. The summed E-state index contributed by atoms with van der Waals surface area (Å²) >= 11 is 0. The number of carbonyl (C=O) groups is 1. The molecule has 0 aliphatic heterocycles. The summed E-state index contributed by atoms with van der Waals surface area (Å²) in [5.41, 5.74) is 9.62. The van der Waals surface area contributed by atoms with Crippen LogP contribution in [0.1, 0.15) is 28.6 Å². The summed E-state index contributed by atoms with van der Waals surface area (Å²) in [7, 11) is 1.77. The Morgan fingerprint density at radius 2 is 2.12 bits per heavy atom. The van der Waals surface area contributed by atoms with Crippen LogP contribution in [0.5, 0.6) is 0 Å². The summed E-state index contributed by atoms with van der Waals surface area (Å²) in [4.78, 5) is 18.5. The molecule has 1 aromatic carbocycles. The standard InChI is InChI=1S/C18H21N5O/c1-11-16(12(2)22-21-11)17(19)18(24)23(3)10-14-6-4-5-13-9-20-8-7-15(13)14/h4-9,17H,10,19H2,1-3H3,(H,21,22). The fraction of sp³-hybridized carbons (Fsp3) is 0.278. The quantitative estimate of drug-likeness (QED) is 0.770. The van der Waals surface area contributed by atoms with E-state index in [4.69, 9.17) is 5.73 Å². The maximum Gasteiger partial charge on any atom is 0.244 e. The van der Waals surface area contributed by atoms with Gasteiger partial charge in [-0.2, -0.15) is 5.10 Å². The number of nitrogens with zero attached hydrogens (tertiary/aromatic N) is 3. The van der Waals surface area contributed by atoms with Crippen LogP contribution in [0.3, 0.4) is 0 Å². The molecule has 0 aliphatic carbocycles. The van der Waals surface area contributed by atoms with Gasteiger partial charge >= 0.3 is 0 Å². The molecular weight excluding hydrogens is 302 g/mol. The van der Waals surface area contributed by atoms with Crippen LogP contribution in [-0.2, 0) is 11.3 Å². The number of hydrogen-bond acceptors (Lipinski definition) is 4.